The van der Waals surface area contributed by atoms with Crippen molar-refractivity contribution in [2.24, 2.45) is 0 Å². The van der Waals surface area contributed by atoms with Gasteiger partial charge in [0, 0.05) is 30.4 Å². The first-order chi connectivity index (χ1) is 11.5. The van der Waals surface area contributed by atoms with Crippen molar-refractivity contribution in [2.45, 2.75) is 20.8 Å². The van der Waals surface area contributed by atoms with Crippen LogP contribution in [0.15, 0.2) is 24.4 Å². The zero-order chi connectivity index (χ0) is 17.7. The smallest absolute Gasteiger partial charge is 0.272 e. The topological polar surface area (TPSA) is 67.4 Å². The summed E-state index contributed by atoms with van der Waals surface area (Å²) in [5, 5.41) is 3.70. The first-order valence-corrected chi connectivity index (χ1v) is 8.11. The van der Waals surface area contributed by atoms with Crippen LogP contribution in [0.25, 0.3) is 0 Å². The maximum Gasteiger partial charge on any atom is 0.272 e. The maximum atomic E-state index is 12.4. The second-order valence-electron chi connectivity index (χ2n) is 5.17. The number of hydrogen-bond donors (Lipinski definition) is 1. The number of methoxy groups -OCH3 is 1. The number of aromatic nitrogens is 2. The van der Waals surface area contributed by atoms with Gasteiger partial charge < -0.3 is 15.0 Å². The molecule has 128 valence electrons. The van der Waals surface area contributed by atoms with Gasteiger partial charge in [-0.15, -0.1) is 0 Å². The molecule has 1 aromatic heterocycles. The summed E-state index contributed by atoms with van der Waals surface area (Å²) in [4.78, 5) is 22.6. The molecule has 0 fully saturated rings. The highest BCUT2D eigenvalue weighted by Crippen LogP contribution is 2.32. The van der Waals surface area contributed by atoms with E-state index in [2.05, 4.69) is 15.3 Å². The number of aryl methyl sites for hydroxylation is 1. The normalized spacial score (nSPS) is 10.4. The molecule has 1 amide bonds. The minimum atomic E-state index is -0.121. The van der Waals surface area contributed by atoms with Crippen molar-refractivity contribution in [1.82, 2.24) is 14.9 Å². The van der Waals surface area contributed by atoms with E-state index in [0.29, 0.717) is 41.2 Å². The predicted octanol–water partition coefficient (Wildman–Crippen LogP) is 3.67. The molecule has 2 rings (SSSR count). The lowest BCUT2D eigenvalue weighted by Crippen LogP contribution is -2.31. The molecule has 1 aromatic carbocycles. The molecule has 1 N–H and O–H groups in total. The summed E-state index contributed by atoms with van der Waals surface area (Å²) < 4.78 is 5.33. The lowest BCUT2D eigenvalue weighted by atomic mass is 10.2. The van der Waals surface area contributed by atoms with Crippen molar-refractivity contribution in [3.05, 3.63) is 40.7 Å². The molecule has 0 radical (unpaired) electrons. The lowest BCUT2D eigenvalue weighted by molar-refractivity contribution is 0.0767. The average molecular weight is 349 g/mol. The second kappa shape index (κ2) is 7.97. The van der Waals surface area contributed by atoms with Crippen molar-refractivity contribution in [1.29, 1.82) is 0 Å². The highest BCUT2D eigenvalue weighted by molar-refractivity contribution is 6.31. The number of hydrogen-bond acceptors (Lipinski definition) is 5. The molecule has 0 aliphatic heterocycles. The Bertz CT molecular complexity index is 733. The first kappa shape index (κ1) is 18.0. The number of ether oxygens (including phenoxy) is 1. The molecule has 0 saturated carbocycles. The molecule has 6 nitrogen and oxygen atoms in total. The maximum absolute atomic E-state index is 12.4. The van der Waals surface area contributed by atoms with E-state index in [-0.39, 0.29) is 5.91 Å². The molecule has 0 aliphatic carbocycles. The van der Waals surface area contributed by atoms with Crippen molar-refractivity contribution in [2.75, 3.05) is 25.5 Å². The lowest BCUT2D eigenvalue weighted by Gasteiger charge is -2.18. The summed E-state index contributed by atoms with van der Waals surface area (Å²) in [6.07, 6.45) is 1.56. The number of rotatable bonds is 6. The minimum absolute atomic E-state index is 0.121. The number of nitrogens with one attached hydrogen (secondary N) is 1. The molecule has 7 heteroatoms. The Hall–Kier alpha value is -2.34. The molecule has 0 unspecified atom stereocenters. The van der Waals surface area contributed by atoms with Crippen LogP contribution in [-0.4, -0.2) is 41.0 Å². The first-order valence-electron chi connectivity index (χ1n) is 7.73. The zero-order valence-corrected chi connectivity index (χ0v) is 15.0. The van der Waals surface area contributed by atoms with Crippen LogP contribution < -0.4 is 10.1 Å². The van der Waals surface area contributed by atoms with Gasteiger partial charge in [-0.25, -0.2) is 9.97 Å². The molecule has 1 heterocycles. The number of halogens is 1. The van der Waals surface area contributed by atoms with Crippen LogP contribution in [0.2, 0.25) is 5.02 Å². The van der Waals surface area contributed by atoms with E-state index in [1.165, 1.54) is 0 Å². The minimum Gasteiger partial charge on any atom is -0.495 e. The van der Waals surface area contributed by atoms with Crippen LogP contribution in [0.5, 0.6) is 5.75 Å². The summed E-state index contributed by atoms with van der Waals surface area (Å²) in [7, 11) is 1.56. The van der Waals surface area contributed by atoms with Gasteiger partial charge in [-0.2, -0.15) is 0 Å². The van der Waals surface area contributed by atoms with Gasteiger partial charge in [0.15, 0.2) is 0 Å². The monoisotopic (exact) mass is 348 g/mol. The van der Waals surface area contributed by atoms with Crippen LogP contribution in [-0.2, 0) is 0 Å². The summed E-state index contributed by atoms with van der Waals surface area (Å²) >= 11 is 6.11. The molecule has 0 saturated heterocycles. The highest BCUT2D eigenvalue weighted by Gasteiger charge is 2.15. The Balaban J connectivity index is 2.30. The number of carbonyl (C=O) groups excluding carboxylic acids is 1. The quantitative estimate of drug-likeness (QED) is 0.862. The van der Waals surface area contributed by atoms with E-state index >= 15 is 0 Å². The third-order valence-electron chi connectivity index (χ3n) is 3.65. The Morgan fingerprint density at radius 2 is 2.04 bits per heavy atom. The number of amides is 1. The number of carbonyl (C=O) groups is 1. The molecule has 2 aromatic rings. The van der Waals surface area contributed by atoms with E-state index < -0.39 is 0 Å². The van der Waals surface area contributed by atoms with E-state index in [1.807, 2.05) is 26.8 Å². The van der Waals surface area contributed by atoms with Gasteiger partial charge in [0.05, 0.1) is 12.8 Å². The zero-order valence-electron chi connectivity index (χ0n) is 14.3. The number of anilines is 2. The van der Waals surface area contributed by atoms with Gasteiger partial charge in [-0.3, -0.25) is 4.79 Å². The van der Waals surface area contributed by atoms with Gasteiger partial charge in [-0.05, 0) is 38.5 Å². The number of benzene rings is 1. The fourth-order valence-electron chi connectivity index (χ4n) is 2.26. The molecule has 0 spiro atoms. The van der Waals surface area contributed by atoms with Crippen LogP contribution in [0.3, 0.4) is 0 Å². The number of nitrogens with zero attached hydrogens (tertiary/aromatic N) is 3. The average Bonchev–Trinajstić information content (AvgIpc) is 2.59. The van der Waals surface area contributed by atoms with Crippen LogP contribution in [0.4, 0.5) is 11.6 Å². The Morgan fingerprint density at radius 3 is 2.67 bits per heavy atom. The van der Waals surface area contributed by atoms with Crippen molar-refractivity contribution < 1.29 is 9.53 Å². The van der Waals surface area contributed by atoms with Gasteiger partial charge in [0.25, 0.3) is 5.91 Å². The molecular formula is C17H21ClN4O2. The van der Waals surface area contributed by atoms with Gasteiger partial charge in [0.2, 0.25) is 5.95 Å². The Morgan fingerprint density at radius 1 is 1.33 bits per heavy atom. The fourth-order valence-corrected chi connectivity index (χ4v) is 2.41. The van der Waals surface area contributed by atoms with E-state index in [0.717, 1.165) is 5.56 Å². The third kappa shape index (κ3) is 3.94. The molecule has 0 bridgehead atoms. The second-order valence-corrected chi connectivity index (χ2v) is 5.58. The molecular weight excluding hydrogens is 328 g/mol. The third-order valence-corrected chi connectivity index (χ3v) is 4.06. The summed E-state index contributed by atoms with van der Waals surface area (Å²) in [5.41, 5.74) is 1.93. The SMILES string of the molecule is CCN(CC)C(=O)c1ccnc(Nc2cc(C)c(Cl)cc2OC)n1. The molecule has 0 atom stereocenters. The van der Waals surface area contributed by atoms with Crippen molar-refractivity contribution in [3.63, 3.8) is 0 Å². The largest absolute Gasteiger partial charge is 0.495 e. The van der Waals surface area contributed by atoms with Crippen LogP contribution >= 0.6 is 11.6 Å². The van der Waals surface area contributed by atoms with E-state index in [1.54, 1.807) is 30.3 Å². The van der Waals surface area contributed by atoms with Crippen LogP contribution in [0, 0.1) is 6.92 Å². The molecule has 0 aliphatic rings. The summed E-state index contributed by atoms with van der Waals surface area (Å²) in [6.45, 7) is 7.03. The van der Waals surface area contributed by atoms with E-state index in [9.17, 15) is 4.79 Å². The van der Waals surface area contributed by atoms with Gasteiger partial charge >= 0.3 is 0 Å². The van der Waals surface area contributed by atoms with Gasteiger partial charge in [0.1, 0.15) is 11.4 Å². The summed E-state index contributed by atoms with van der Waals surface area (Å²) in [6, 6.07) is 5.18. The molecule has 24 heavy (non-hydrogen) atoms. The van der Waals surface area contributed by atoms with E-state index in [4.69, 9.17) is 16.3 Å². The van der Waals surface area contributed by atoms with Crippen molar-refractivity contribution in [3.8, 4) is 5.75 Å². The standard InChI is InChI=1S/C17H21ClN4O2/c1-5-22(6-2)16(23)13-7-8-19-17(20-13)21-14-9-11(3)12(18)10-15(14)24-4/h7-10H,5-6H2,1-4H3,(H,19,20,21). The Labute approximate surface area is 146 Å². The van der Waals surface area contributed by atoms with Gasteiger partial charge in [-0.1, -0.05) is 11.6 Å². The Kier molecular flexibility index (Phi) is 5.98. The predicted molar refractivity (Wildman–Crippen MR) is 95.3 cm³/mol. The van der Waals surface area contributed by atoms with Crippen molar-refractivity contribution >= 4 is 29.1 Å². The highest BCUT2D eigenvalue weighted by atomic mass is 35.5. The summed E-state index contributed by atoms with van der Waals surface area (Å²) in [5.74, 6) is 0.785. The van der Waals surface area contributed by atoms with Crippen LogP contribution in [0.1, 0.15) is 29.9 Å². The fraction of sp³-hybridized carbons (Fsp3) is 0.353.